The number of terminal acetylenes is 1. The van der Waals surface area contributed by atoms with Gasteiger partial charge in [0.15, 0.2) is 5.75 Å². The van der Waals surface area contributed by atoms with E-state index in [1.165, 1.54) is 6.08 Å². The number of hydrogen-bond acceptors (Lipinski definition) is 4. The van der Waals surface area contributed by atoms with Crippen LogP contribution in [0.5, 0.6) is 5.75 Å². The Balaban J connectivity index is 1.81. The number of hydrogen-bond donors (Lipinski definition) is 0. The summed E-state index contributed by atoms with van der Waals surface area (Å²) in [5, 5.41) is 0.711. The number of nitrogens with zero attached hydrogens (tertiary/aromatic N) is 1. The van der Waals surface area contributed by atoms with Crippen LogP contribution in [0.2, 0.25) is 15.1 Å². The Hall–Kier alpha value is -2.10. The molecular weight excluding hydrogens is 441 g/mol. The molecule has 0 saturated carbocycles. The first kappa shape index (κ1) is 20.6. The first-order chi connectivity index (χ1) is 13.4. The molecule has 8 heteroatoms. The quantitative estimate of drug-likeness (QED) is 0.419. The van der Waals surface area contributed by atoms with Crippen LogP contribution in [0, 0.1) is 12.3 Å². The van der Waals surface area contributed by atoms with Gasteiger partial charge < -0.3 is 4.74 Å². The minimum Gasteiger partial charge on any atom is -0.486 e. The molecule has 1 saturated heterocycles. The molecular formula is C20H12Cl3NO3S. The third kappa shape index (κ3) is 4.48. The van der Waals surface area contributed by atoms with Gasteiger partial charge in [-0.3, -0.25) is 14.5 Å². The van der Waals surface area contributed by atoms with Crippen LogP contribution in [0.15, 0.2) is 41.3 Å². The third-order valence-electron chi connectivity index (χ3n) is 3.77. The van der Waals surface area contributed by atoms with Crippen LogP contribution < -0.4 is 4.74 Å². The average molecular weight is 453 g/mol. The number of carbonyl (C=O) groups excluding carboxylic acids is 2. The normalized spacial score (nSPS) is 15.2. The third-order valence-corrected chi connectivity index (χ3v) is 5.61. The van der Waals surface area contributed by atoms with Crippen LogP contribution >= 0.6 is 46.6 Å². The maximum Gasteiger partial charge on any atom is 0.294 e. The van der Waals surface area contributed by atoms with Crippen molar-refractivity contribution in [2.75, 3.05) is 6.54 Å². The van der Waals surface area contributed by atoms with Gasteiger partial charge in [0.05, 0.1) is 21.5 Å². The highest BCUT2D eigenvalue weighted by atomic mass is 35.5. The van der Waals surface area contributed by atoms with Crippen molar-refractivity contribution in [3.8, 4) is 18.1 Å². The predicted molar refractivity (Wildman–Crippen MR) is 114 cm³/mol. The highest BCUT2D eigenvalue weighted by Gasteiger charge is 2.34. The molecule has 0 spiro atoms. The van der Waals surface area contributed by atoms with Gasteiger partial charge in [-0.25, -0.2) is 0 Å². The fraction of sp³-hybridized carbons (Fsp3) is 0.100. The Kier molecular flexibility index (Phi) is 6.58. The van der Waals surface area contributed by atoms with Crippen molar-refractivity contribution in [1.82, 2.24) is 4.90 Å². The Labute approximate surface area is 181 Å². The molecule has 1 aliphatic heterocycles. The summed E-state index contributed by atoms with van der Waals surface area (Å²) in [5.41, 5.74) is 1.36. The summed E-state index contributed by atoms with van der Waals surface area (Å²) in [6.07, 6.45) is 6.72. The molecule has 0 atom stereocenters. The standard InChI is InChI=1S/C20H12Cl3NO3S/c1-2-7-24-19(25)17(28-20(24)26)10-12-8-15(22)18(16(23)9-12)27-11-13-5-3-4-6-14(13)21/h1,3-6,8-10H,7,11H2/b17-10+. The second-order valence-corrected chi connectivity index (χ2v) is 7.88. The first-order valence-corrected chi connectivity index (χ1v) is 9.90. The van der Waals surface area contributed by atoms with E-state index in [0.29, 0.717) is 16.3 Å². The molecule has 4 nitrogen and oxygen atoms in total. The fourth-order valence-electron chi connectivity index (χ4n) is 2.45. The van der Waals surface area contributed by atoms with Crippen molar-refractivity contribution < 1.29 is 14.3 Å². The summed E-state index contributed by atoms with van der Waals surface area (Å²) in [4.78, 5) is 25.4. The second kappa shape index (κ2) is 8.93. The van der Waals surface area contributed by atoms with E-state index in [4.69, 9.17) is 46.0 Å². The second-order valence-electron chi connectivity index (χ2n) is 5.67. The van der Waals surface area contributed by atoms with Crippen LogP contribution in [0.25, 0.3) is 6.08 Å². The molecule has 0 bridgehead atoms. The van der Waals surface area contributed by atoms with E-state index in [1.54, 1.807) is 18.2 Å². The minimum atomic E-state index is -0.445. The largest absolute Gasteiger partial charge is 0.486 e. The molecule has 1 aliphatic rings. The van der Waals surface area contributed by atoms with Gasteiger partial charge in [-0.15, -0.1) is 6.42 Å². The minimum absolute atomic E-state index is 0.0711. The lowest BCUT2D eigenvalue weighted by molar-refractivity contribution is -0.122. The van der Waals surface area contributed by atoms with Gasteiger partial charge in [-0.05, 0) is 41.6 Å². The van der Waals surface area contributed by atoms with Crippen LogP contribution in [0.3, 0.4) is 0 Å². The van der Waals surface area contributed by atoms with E-state index in [9.17, 15) is 9.59 Å². The highest BCUT2D eigenvalue weighted by molar-refractivity contribution is 8.18. The molecule has 3 rings (SSSR count). The monoisotopic (exact) mass is 451 g/mol. The Morgan fingerprint density at radius 1 is 1.11 bits per heavy atom. The average Bonchev–Trinajstić information content (AvgIpc) is 2.90. The number of halogens is 3. The number of rotatable bonds is 5. The van der Waals surface area contributed by atoms with Crippen molar-refractivity contribution in [3.63, 3.8) is 0 Å². The molecule has 0 aliphatic carbocycles. The van der Waals surface area contributed by atoms with Crippen LogP contribution in [0.1, 0.15) is 11.1 Å². The molecule has 142 valence electrons. The predicted octanol–water partition coefficient (Wildman–Crippen LogP) is 5.90. The van der Waals surface area contributed by atoms with Crippen molar-refractivity contribution >= 4 is 63.8 Å². The topological polar surface area (TPSA) is 46.6 Å². The van der Waals surface area contributed by atoms with Gasteiger partial charge in [-0.1, -0.05) is 58.9 Å². The number of carbonyl (C=O) groups is 2. The molecule has 1 fully saturated rings. The summed E-state index contributed by atoms with van der Waals surface area (Å²) in [7, 11) is 0. The summed E-state index contributed by atoms with van der Waals surface area (Å²) >= 11 is 19.5. The van der Waals surface area contributed by atoms with Gasteiger partial charge in [0.1, 0.15) is 6.61 Å². The zero-order chi connectivity index (χ0) is 20.3. The van der Waals surface area contributed by atoms with Crippen LogP contribution in [-0.2, 0) is 11.4 Å². The zero-order valence-electron chi connectivity index (χ0n) is 14.2. The molecule has 0 N–H and O–H groups in total. The maximum atomic E-state index is 12.3. The number of imide groups is 1. The molecule has 0 unspecified atom stereocenters. The SMILES string of the molecule is C#CCN1C(=O)S/C(=C/c2cc(Cl)c(OCc3ccccc3Cl)c(Cl)c2)C1=O. The van der Waals surface area contributed by atoms with E-state index in [2.05, 4.69) is 5.92 Å². The molecule has 2 amide bonds. The van der Waals surface area contributed by atoms with E-state index in [-0.39, 0.29) is 28.1 Å². The van der Waals surface area contributed by atoms with E-state index < -0.39 is 11.1 Å². The lowest BCUT2D eigenvalue weighted by Gasteiger charge is -2.12. The van der Waals surface area contributed by atoms with Gasteiger partial charge in [0.2, 0.25) is 0 Å². The van der Waals surface area contributed by atoms with E-state index in [0.717, 1.165) is 22.2 Å². The molecule has 1 heterocycles. The van der Waals surface area contributed by atoms with Gasteiger partial charge in [0.25, 0.3) is 11.1 Å². The van der Waals surface area contributed by atoms with Crippen molar-refractivity contribution in [2.24, 2.45) is 0 Å². The summed E-state index contributed by atoms with van der Waals surface area (Å²) in [6, 6.07) is 10.5. The lowest BCUT2D eigenvalue weighted by atomic mass is 10.2. The first-order valence-electron chi connectivity index (χ1n) is 7.94. The molecule has 28 heavy (non-hydrogen) atoms. The molecule has 0 radical (unpaired) electrons. The number of ether oxygens (including phenoxy) is 1. The Morgan fingerprint density at radius 2 is 1.79 bits per heavy atom. The smallest absolute Gasteiger partial charge is 0.294 e. The number of thioether (sulfide) groups is 1. The van der Waals surface area contributed by atoms with Crippen molar-refractivity contribution in [2.45, 2.75) is 6.61 Å². The number of amides is 2. The van der Waals surface area contributed by atoms with Gasteiger partial charge >= 0.3 is 0 Å². The Morgan fingerprint density at radius 3 is 2.43 bits per heavy atom. The van der Waals surface area contributed by atoms with E-state index in [1.807, 2.05) is 18.2 Å². The van der Waals surface area contributed by atoms with Crippen molar-refractivity contribution in [3.05, 3.63) is 67.5 Å². The summed E-state index contributed by atoms with van der Waals surface area (Å²) in [6.45, 7) is 0.127. The lowest BCUT2D eigenvalue weighted by Crippen LogP contribution is -2.28. The summed E-state index contributed by atoms with van der Waals surface area (Å²) in [5.74, 6) is 2.15. The van der Waals surface area contributed by atoms with Crippen molar-refractivity contribution in [1.29, 1.82) is 0 Å². The molecule has 0 aromatic heterocycles. The maximum absolute atomic E-state index is 12.3. The van der Waals surface area contributed by atoms with Gasteiger partial charge in [0, 0.05) is 10.6 Å². The molecule has 2 aromatic carbocycles. The highest BCUT2D eigenvalue weighted by Crippen LogP contribution is 2.38. The van der Waals surface area contributed by atoms with Gasteiger partial charge in [-0.2, -0.15) is 0 Å². The van der Waals surface area contributed by atoms with E-state index >= 15 is 0 Å². The van der Waals surface area contributed by atoms with Crippen LogP contribution in [0.4, 0.5) is 4.79 Å². The fourth-order valence-corrected chi connectivity index (χ4v) is 4.09. The Bertz CT molecular complexity index is 1010. The molecule has 2 aromatic rings. The van der Waals surface area contributed by atoms with Crippen LogP contribution in [-0.4, -0.2) is 22.6 Å². The summed E-state index contributed by atoms with van der Waals surface area (Å²) < 4.78 is 5.72. The number of benzene rings is 2. The zero-order valence-corrected chi connectivity index (χ0v) is 17.3.